The number of nitrogens with one attached hydrogen (secondary N) is 2. The molecule has 0 radical (unpaired) electrons. The normalized spacial score (nSPS) is 19.0. The van der Waals surface area contributed by atoms with E-state index < -0.39 is 0 Å². The van der Waals surface area contributed by atoms with Crippen molar-refractivity contribution in [3.63, 3.8) is 0 Å². The molecular weight excluding hydrogens is 440 g/mol. The largest absolute Gasteiger partial charge is 0.346 e. The molecule has 1 saturated heterocycles. The third-order valence-corrected chi connectivity index (χ3v) is 6.87. The lowest BCUT2D eigenvalue weighted by molar-refractivity contribution is 0.0946. The van der Waals surface area contributed by atoms with Crippen LogP contribution in [-0.4, -0.2) is 44.1 Å². The summed E-state index contributed by atoms with van der Waals surface area (Å²) >= 11 is 0.980. The molecule has 10 heteroatoms. The molecule has 2 aromatic heterocycles. The Hall–Kier alpha value is -3.53. The predicted octanol–water partition coefficient (Wildman–Crippen LogP) is 2.59. The molecule has 5 rings (SSSR count). The Labute approximate surface area is 194 Å². The number of nitrogens with zero attached hydrogens (tertiary/aromatic N) is 4. The Bertz CT molecular complexity index is 1270. The number of aryl methyl sites for hydroxylation is 1. The number of amides is 3. The van der Waals surface area contributed by atoms with Gasteiger partial charge < -0.3 is 14.8 Å². The Morgan fingerprint density at radius 2 is 2.00 bits per heavy atom. The number of likely N-dealkylation sites (tertiary alicyclic amines) is 1. The van der Waals surface area contributed by atoms with Crippen LogP contribution >= 0.6 is 11.5 Å². The van der Waals surface area contributed by atoms with Crippen molar-refractivity contribution >= 4 is 28.5 Å². The van der Waals surface area contributed by atoms with Gasteiger partial charge in [-0.3, -0.25) is 14.9 Å². The van der Waals surface area contributed by atoms with E-state index in [0.29, 0.717) is 31.2 Å². The number of anilines is 1. The number of hydrogen-bond acceptors (Lipinski definition) is 6. The highest BCUT2D eigenvalue weighted by Crippen LogP contribution is 2.35. The summed E-state index contributed by atoms with van der Waals surface area (Å²) in [6.07, 6.45) is 0.960. The highest BCUT2D eigenvalue weighted by Gasteiger charge is 2.36. The van der Waals surface area contributed by atoms with Crippen LogP contribution in [0.15, 0.2) is 47.3 Å². The lowest BCUT2D eigenvalue weighted by Crippen LogP contribution is -2.50. The molecular formula is C23H24N6O3S. The molecule has 33 heavy (non-hydrogen) atoms. The van der Waals surface area contributed by atoms with Gasteiger partial charge in [0.2, 0.25) is 0 Å². The third kappa shape index (κ3) is 4.38. The molecule has 2 atom stereocenters. The van der Waals surface area contributed by atoms with Gasteiger partial charge in [0.25, 0.3) is 11.5 Å². The van der Waals surface area contributed by atoms with Gasteiger partial charge in [-0.1, -0.05) is 40.4 Å². The molecule has 2 bridgehead atoms. The lowest BCUT2D eigenvalue weighted by Gasteiger charge is -2.42. The zero-order valence-corrected chi connectivity index (χ0v) is 19.0. The van der Waals surface area contributed by atoms with Gasteiger partial charge in [-0.15, -0.1) is 5.10 Å². The van der Waals surface area contributed by atoms with Crippen LogP contribution in [0.2, 0.25) is 0 Å². The van der Waals surface area contributed by atoms with Crippen molar-refractivity contribution < 1.29 is 9.59 Å². The number of fused-ring (bicyclic) bond motifs is 4. The zero-order chi connectivity index (χ0) is 22.9. The number of hydrogen-bond donors (Lipinski definition) is 2. The predicted molar refractivity (Wildman–Crippen MR) is 124 cm³/mol. The molecule has 170 valence electrons. The molecule has 2 N–H and O–H groups in total. The van der Waals surface area contributed by atoms with Crippen molar-refractivity contribution in [1.82, 2.24) is 24.4 Å². The first kappa shape index (κ1) is 21.3. The SMILES string of the molecule is Cc1cccc(CNC(=O)c2nnsc2NC(=O)N2C[C@@H]3C[C@H](C2)c2cccc(=O)n2C3)c1. The van der Waals surface area contributed by atoms with E-state index in [1.54, 1.807) is 17.0 Å². The Kier molecular flexibility index (Phi) is 5.67. The zero-order valence-electron chi connectivity index (χ0n) is 18.2. The number of carbonyl (C=O) groups excluding carboxylic acids is 2. The summed E-state index contributed by atoms with van der Waals surface area (Å²) in [5, 5.41) is 9.92. The van der Waals surface area contributed by atoms with Crippen LogP contribution < -0.4 is 16.2 Å². The Morgan fingerprint density at radius 1 is 1.15 bits per heavy atom. The van der Waals surface area contributed by atoms with Gasteiger partial charge in [-0.2, -0.15) is 0 Å². The summed E-state index contributed by atoms with van der Waals surface area (Å²) in [6.45, 7) is 4.05. The fraction of sp³-hybridized carbons (Fsp3) is 0.348. The van der Waals surface area contributed by atoms with Crippen LogP contribution in [-0.2, 0) is 13.1 Å². The highest BCUT2D eigenvalue weighted by atomic mass is 32.1. The van der Waals surface area contributed by atoms with E-state index in [0.717, 1.165) is 34.8 Å². The average Bonchev–Trinajstić information content (AvgIpc) is 3.26. The van der Waals surface area contributed by atoms with Crippen LogP contribution in [0.4, 0.5) is 9.80 Å². The van der Waals surface area contributed by atoms with Gasteiger partial charge >= 0.3 is 6.03 Å². The van der Waals surface area contributed by atoms with Gasteiger partial charge in [-0.05, 0) is 30.9 Å². The van der Waals surface area contributed by atoms with E-state index in [4.69, 9.17) is 0 Å². The number of rotatable bonds is 4. The number of piperidine rings is 1. The molecule has 2 aliphatic rings. The monoisotopic (exact) mass is 464 g/mol. The van der Waals surface area contributed by atoms with Crippen molar-refractivity contribution in [3.8, 4) is 0 Å². The summed E-state index contributed by atoms with van der Waals surface area (Å²) in [5.41, 5.74) is 3.19. The summed E-state index contributed by atoms with van der Waals surface area (Å²) < 4.78 is 5.70. The van der Waals surface area contributed by atoms with Gasteiger partial charge in [0.1, 0.15) is 0 Å². The lowest BCUT2D eigenvalue weighted by atomic mass is 9.83. The van der Waals surface area contributed by atoms with Gasteiger partial charge in [-0.25, -0.2) is 4.79 Å². The van der Waals surface area contributed by atoms with Crippen LogP contribution in [0.5, 0.6) is 0 Å². The molecule has 0 saturated carbocycles. The summed E-state index contributed by atoms with van der Waals surface area (Å²) in [7, 11) is 0. The maximum atomic E-state index is 13.0. The van der Waals surface area contributed by atoms with Gasteiger partial charge in [0.15, 0.2) is 10.7 Å². The van der Waals surface area contributed by atoms with Crippen molar-refractivity contribution in [1.29, 1.82) is 0 Å². The summed E-state index contributed by atoms with van der Waals surface area (Å²) in [6, 6.07) is 12.9. The van der Waals surface area contributed by atoms with Gasteiger partial charge in [0.05, 0.1) is 0 Å². The van der Waals surface area contributed by atoms with Crippen LogP contribution in [0.25, 0.3) is 0 Å². The quantitative estimate of drug-likeness (QED) is 0.617. The van der Waals surface area contributed by atoms with Crippen molar-refractivity contribution in [2.75, 3.05) is 18.4 Å². The number of carbonyl (C=O) groups is 2. The molecule has 3 amide bonds. The van der Waals surface area contributed by atoms with Crippen LogP contribution in [0.3, 0.4) is 0 Å². The molecule has 0 spiro atoms. The summed E-state index contributed by atoms with van der Waals surface area (Å²) in [5.74, 6) is -0.0445. The standard InChI is InChI=1S/C23H24N6O3S/c1-14-4-2-5-15(8-14)10-24-21(31)20-22(33-27-26-20)25-23(32)28-11-16-9-17(13-28)18-6-3-7-19(30)29(18)12-16/h2-8,16-17H,9-13H2,1H3,(H,24,31)(H,25,32)/t16-,17+/m0/s1. The first-order valence-corrected chi connectivity index (χ1v) is 11.7. The van der Waals surface area contributed by atoms with E-state index in [1.807, 2.05) is 41.8 Å². The number of benzene rings is 1. The second kappa shape index (κ2) is 8.78. The van der Waals surface area contributed by atoms with E-state index in [1.165, 1.54) is 0 Å². The first-order valence-electron chi connectivity index (χ1n) is 10.9. The van der Waals surface area contributed by atoms with E-state index in [2.05, 4.69) is 20.2 Å². The van der Waals surface area contributed by atoms with Crippen molar-refractivity contribution in [2.45, 2.75) is 32.4 Å². The fourth-order valence-electron chi connectivity index (χ4n) is 4.75. The van der Waals surface area contributed by atoms with Crippen LogP contribution in [0.1, 0.15) is 39.6 Å². The molecule has 4 heterocycles. The molecule has 0 unspecified atom stereocenters. The summed E-state index contributed by atoms with van der Waals surface area (Å²) in [4.78, 5) is 39.7. The molecule has 3 aromatic rings. The molecule has 9 nitrogen and oxygen atoms in total. The van der Waals surface area contributed by atoms with E-state index in [-0.39, 0.29) is 35.0 Å². The average molecular weight is 465 g/mol. The smallest absolute Gasteiger partial charge is 0.322 e. The van der Waals surface area contributed by atoms with E-state index in [9.17, 15) is 14.4 Å². The second-order valence-electron chi connectivity index (χ2n) is 8.66. The molecule has 1 fully saturated rings. The fourth-order valence-corrected chi connectivity index (χ4v) is 5.30. The number of aromatic nitrogens is 3. The van der Waals surface area contributed by atoms with Crippen molar-refractivity contribution in [3.05, 3.63) is 75.3 Å². The number of pyridine rings is 1. The van der Waals surface area contributed by atoms with Crippen LogP contribution in [0, 0.1) is 12.8 Å². The minimum absolute atomic E-state index is 0.0113. The second-order valence-corrected chi connectivity index (χ2v) is 9.41. The van der Waals surface area contributed by atoms with Crippen molar-refractivity contribution in [2.24, 2.45) is 5.92 Å². The van der Waals surface area contributed by atoms with E-state index >= 15 is 0 Å². The first-order chi connectivity index (χ1) is 16.0. The highest BCUT2D eigenvalue weighted by molar-refractivity contribution is 7.10. The maximum Gasteiger partial charge on any atom is 0.322 e. The van der Waals surface area contributed by atoms with Gasteiger partial charge in [0, 0.05) is 55.4 Å². The minimum Gasteiger partial charge on any atom is -0.346 e. The molecule has 0 aliphatic carbocycles. The molecule has 1 aromatic carbocycles. The topological polar surface area (TPSA) is 109 Å². The Balaban J connectivity index is 1.25. The Morgan fingerprint density at radius 3 is 2.85 bits per heavy atom. The molecule has 2 aliphatic heterocycles. The minimum atomic E-state index is -0.385. The number of urea groups is 1. The maximum absolute atomic E-state index is 13.0. The third-order valence-electron chi connectivity index (χ3n) is 6.23.